The van der Waals surface area contributed by atoms with Crippen LogP contribution >= 0.6 is 11.5 Å². The summed E-state index contributed by atoms with van der Waals surface area (Å²) in [6.45, 7) is 0.562. The molecule has 0 fully saturated rings. The minimum absolute atomic E-state index is 0.446. The normalized spacial score (nSPS) is 8.82. The molecule has 0 spiro atoms. The van der Waals surface area contributed by atoms with Crippen LogP contribution in [0.3, 0.4) is 0 Å². The molecule has 0 saturated carbocycles. The molecule has 0 aliphatic carbocycles. The number of nitrogens with zero attached hydrogens (tertiary/aromatic N) is 2. The minimum atomic E-state index is 0.446. The molecule has 0 bridgehead atoms. The molecule has 0 amide bonds. The molecule has 0 unspecified atom stereocenters. The summed E-state index contributed by atoms with van der Waals surface area (Å²) < 4.78 is 3.88. The van der Waals surface area contributed by atoms with E-state index in [-0.39, 0.29) is 0 Å². The number of rotatable bonds is 1. The van der Waals surface area contributed by atoms with Gasteiger partial charge in [0.25, 0.3) is 0 Å². The maximum absolute atomic E-state index is 5.34. The Labute approximate surface area is 68.8 Å². The second-order valence-corrected chi connectivity index (χ2v) is 2.58. The molecule has 4 nitrogen and oxygen atoms in total. The van der Waals surface area contributed by atoms with E-state index >= 15 is 0 Å². The van der Waals surface area contributed by atoms with Crippen molar-refractivity contribution in [3.63, 3.8) is 0 Å². The summed E-state index contributed by atoms with van der Waals surface area (Å²) in [7, 11) is 0. The summed E-state index contributed by atoms with van der Waals surface area (Å²) in [5.74, 6) is 6.05. The van der Waals surface area contributed by atoms with Crippen LogP contribution in [-0.2, 0) is 0 Å². The fourth-order valence-corrected chi connectivity index (χ4v) is 0.893. The SMILES string of the molecule is NCCC#Cc1nsc(N)n1. The van der Waals surface area contributed by atoms with Crippen molar-refractivity contribution >= 4 is 16.7 Å². The van der Waals surface area contributed by atoms with Gasteiger partial charge in [0.1, 0.15) is 0 Å². The number of nitrogens with two attached hydrogens (primary N) is 2. The molecule has 0 radical (unpaired) electrons. The van der Waals surface area contributed by atoms with Crippen molar-refractivity contribution in [1.29, 1.82) is 0 Å². The highest BCUT2D eigenvalue weighted by Gasteiger charge is 1.93. The molecule has 0 atom stereocenters. The van der Waals surface area contributed by atoms with Gasteiger partial charge in [0.15, 0.2) is 0 Å². The maximum atomic E-state index is 5.34. The van der Waals surface area contributed by atoms with Crippen LogP contribution in [0.5, 0.6) is 0 Å². The van der Waals surface area contributed by atoms with Crippen LogP contribution < -0.4 is 11.5 Å². The van der Waals surface area contributed by atoms with Crippen molar-refractivity contribution < 1.29 is 0 Å². The zero-order valence-corrected chi connectivity index (χ0v) is 6.69. The average Bonchev–Trinajstić information content (AvgIpc) is 2.37. The summed E-state index contributed by atoms with van der Waals surface area (Å²) in [5, 5.41) is 0.446. The van der Waals surface area contributed by atoms with Gasteiger partial charge in [-0.2, -0.15) is 9.36 Å². The van der Waals surface area contributed by atoms with Crippen LogP contribution in [0.4, 0.5) is 5.13 Å². The average molecular weight is 168 g/mol. The summed E-state index contributed by atoms with van der Waals surface area (Å²) in [5.41, 5.74) is 10.6. The molecule has 0 saturated heterocycles. The third-order valence-corrected chi connectivity index (χ3v) is 1.45. The first kappa shape index (κ1) is 7.98. The fraction of sp³-hybridized carbons (Fsp3) is 0.333. The standard InChI is InChI=1S/C6H8N4S/c7-4-2-1-3-5-9-6(8)11-10-5/h2,4,7H2,(H2,8,9,10). The third-order valence-electron chi connectivity index (χ3n) is 0.911. The number of aromatic nitrogens is 2. The molecule has 5 heteroatoms. The molecular weight excluding hydrogens is 160 g/mol. The molecule has 1 aromatic rings. The van der Waals surface area contributed by atoms with E-state index < -0.39 is 0 Å². The lowest BCUT2D eigenvalue weighted by Crippen LogP contribution is -1.95. The van der Waals surface area contributed by atoms with Gasteiger partial charge in [-0.1, -0.05) is 5.92 Å². The Hall–Kier alpha value is -1.12. The highest BCUT2D eigenvalue weighted by Crippen LogP contribution is 2.03. The molecule has 58 valence electrons. The largest absolute Gasteiger partial charge is 0.374 e. The van der Waals surface area contributed by atoms with Crippen molar-refractivity contribution in [2.45, 2.75) is 6.42 Å². The monoisotopic (exact) mass is 168 g/mol. The topological polar surface area (TPSA) is 77.8 Å². The molecule has 0 aliphatic rings. The zero-order chi connectivity index (χ0) is 8.10. The highest BCUT2D eigenvalue weighted by molar-refractivity contribution is 7.09. The lowest BCUT2D eigenvalue weighted by Gasteiger charge is -1.76. The van der Waals surface area contributed by atoms with Crippen LogP contribution in [0.2, 0.25) is 0 Å². The Morgan fingerprint density at radius 1 is 1.55 bits per heavy atom. The van der Waals surface area contributed by atoms with Gasteiger partial charge in [0, 0.05) is 24.5 Å². The second-order valence-electron chi connectivity index (χ2n) is 1.80. The number of hydrogen-bond acceptors (Lipinski definition) is 5. The molecule has 1 aromatic heterocycles. The summed E-state index contributed by atoms with van der Waals surface area (Å²) >= 11 is 1.15. The Balaban J connectivity index is 2.59. The van der Waals surface area contributed by atoms with Crippen LogP contribution in [0.1, 0.15) is 12.2 Å². The van der Waals surface area contributed by atoms with Gasteiger partial charge in [-0.25, -0.2) is 0 Å². The van der Waals surface area contributed by atoms with Crippen LogP contribution in [0.25, 0.3) is 0 Å². The molecule has 0 aromatic carbocycles. The van der Waals surface area contributed by atoms with E-state index in [1.165, 1.54) is 0 Å². The lowest BCUT2D eigenvalue weighted by atomic mass is 10.4. The van der Waals surface area contributed by atoms with Crippen molar-refractivity contribution in [1.82, 2.24) is 9.36 Å². The summed E-state index contributed by atoms with van der Waals surface area (Å²) in [6, 6.07) is 0. The Bertz CT molecular complexity index is 282. The minimum Gasteiger partial charge on any atom is -0.374 e. The summed E-state index contributed by atoms with van der Waals surface area (Å²) in [6.07, 6.45) is 0.666. The Morgan fingerprint density at radius 2 is 2.36 bits per heavy atom. The predicted octanol–water partition coefficient (Wildman–Crippen LogP) is -0.179. The number of hydrogen-bond donors (Lipinski definition) is 2. The third kappa shape index (κ3) is 2.53. The van der Waals surface area contributed by atoms with Crippen molar-refractivity contribution in [2.75, 3.05) is 12.3 Å². The van der Waals surface area contributed by atoms with Gasteiger partial charge in [-0.05, 0) is 5.92 Å². The number of anilines is 1. The maximum Gasteiger partial charge on any atom is 0.218 e. The quantitative estimate of drug-likeness (QED) is 0.570. The fourth-order valence-electron chi connectivity index (χ4n) is 0.500. The number of nitrogen functional groups attached to an aromatic ring is 1. The second kappa shape index (κ2) is 3.91. The van der Waals surface area contributed by atoms with Crippen LogP contribution in [0.15, 0.2) is 0 Å². The van der Waals surface area contributed by atoms with Crippen molar-refractivity contribution in [2.24, 2.45) is 5.73 Å². The van der Waals surface area contributed by atoms with Crippen LogP contribution in [0, 0.1) is 11.8 Å². The first-order valence-corrected chi connectivity index (χ1v) is 3.88. The van der Waals surface area contributed by atoms with E-state index in [1.807, 2.05) is 0 Å². The van der Waals surface area contributed by atoms with E-state index in [4.69, 9.17) is 11.5 Å². The van der Waals surface area contributed by atoms with Gasteiger partial charge >= 0.3 is 0 Å². The Morgan fingerprint density at radius 3 is 2.91 bits per heavy atom. The van der Waals surface area contributed by atoms with E-state index in [0.29, 0.717) is 23.9 Å². The molecule has 11 heavy (non-hydrogen) atoms. The summed E-state index contributed by atoms with van der Waals surface area (Å²) in [4.78, 5) is 3.85. The van der Waals surface area contributed by atoms with E-state index in [1.54, 1.807) is 0 Å². The van der Waals surface area contributed by atoms with Crippen LogP contribution in [-0.4, -0.2) is 15.9 Å². The first-order chi connectivity index (χ1) is 5.33. The molecule has 4 N–H and O–H groups in total. The van der Waals surface area contributed by atoms with Gasteiger partial charge in [-0.3, -0.25) is 0 Å². The predicted molar refractivity (Wildman–Crippen MR) is 44.9 cm³/mol. The first-order valence-electron chi connectivity index (χ1n) is 3.11. The molecule has 0 aliphatic heterocycles. The van der Waals surface area contributed by atoms with E-state index in [0.717, 1.165) is 11.5 Å². The smallest absolute Gasteiger partial charge is 0.218 e. The molecule has 1 rings (SSSR count). The molecular formula is C6H8N4S. The van der Waals surface area contributed by atoms with E-state index in [2.05, 4.69) is 21.2 Å². The van der Waals surface area contributed by atoms with Gasteiger partial charge in [-0.15, -0.1) is 0 Å². The highest BCUT2D eigenvalue weighted by atomic mass is 32.1. The Kier molecular flexibility index (Phi) is 2.83. The van der Waals surface area contributed by atoms with Gasteiger partial charge < -0.3 is 11.5 Å². The zero-order valence-electron chi connectivity index (χ0n) is 5.87. The van der Waals surface area contributed by atoms with Crippen molar-refractivity contribution in [3.05, 3.63) is 5.82 Å². The van der Waals surface area contributed by atoms with E-state index in [9.17, 15) is 0 Å². The van der Waals surface area contributed by atoms with Gasteiger partial charge in [0.05, 0.1) is 0 Å². The molecule has 1 heterocycles. The van der Waals surface area contributed by atoms with Gasteiger partial charge in [0.2, 0.25) is 11.0 Å². The van der Waals surface area contributed by atoms with Crippen molar-refractivity contribution in [3.8, 4) is 11.8 Å². The lowest BCUT2D eigenvalue weighted by molar-refractivity contribution is 1.03.